The zero-order valence-corrected chi connectivity index (χ0v) is 10.2. The molecule has 0 unspecified atom stereocenters. The monoisotopic (exact) mass is 231 g/mol. The number of nitrogens with zero attached hydrogens (tertiary/aromatic N) is 2. The summed E-state index contributed by atoms with van der Waals surface area (Å²) < 4.78 is 7.85. The van der Waals surface area contributed by atoms with Gasteiger partial charge in [0.15, 0.2) is 0 Å². The SMILES string of the molecule is CC[C@@H]1CNCc2cc3cn(C)nc3cc2O1. The summed E-state index contributed by atoms with van der Waals surface area (Å²) in [4.78, 5) is 0. The third-order valence-corrected chi connectivity index (χ3v) is 3.24. The fourth-order valence-corrected chi connectivity index (χ4v) is 2.29. The Kier molecular flexibility index (Phi) is 2.52. The van der Waals surface area contributed by atoms with E-state index in [1.807, 2.05) is 17.9 Å². The second-order valence-electron chi connectivity index (χ2n) is 4.60. The van der Waals surface area contributed by atoms with Crippen molar-refractivity contribution in [3.05, 3.63) is 23.9 Å². The predicted molar refractivity (Wildman–Crippen MR) is 67.1 cm³/mol. The van der Waals surface area contributed by atoms with Gasteiger partial charge in [-0.3, -0.25) is 4.68 Å². The van der Waals surface area contributed by atoms with Gasteiger partial charge < -0.3 is 10.1 Å². The lowest BCUT2D eigenvalue weighted by Gasteiger charge is -2.14. The van der Waals surface area contributed by atoms with Crippen LogP contribution in [0.1, 0.15) is 18.9 Å². The van der Waals surface area contributed by atoms with Crippen LogP contribution in [0.5, 0.6) is 5.75 Å². The van der Waals surface area contributed by atoms with Crippen molar-refractivity contribution in [2.24, 2.45) is 7.05 Å². The van der Waals surface area contributed by atoms with E-state index in [9.17, 15) is 0 Å². The molecule has 0 bridgehead atoms. The first-order valence-electron chi connectivity index (χ1n) is 6.10. The van der Waals surface area contributed by atoms with E-state index in [-0.39, 0.29) is 6.10 Å². The molecule has 0 aliphatic carbocycles. The lowest BCUT2D eigenvalue weighted by atomic mass is 10.1. The van der Waals surface area contributed by atoms with Crippen LogP contribution in [0.4, 0.5) is 0 Å². The van der Waals surface area contributed by atoms with Gasteiger partial charge in [0, 0.05) is 43.4 Å². The Balaban J connectivity index is 2.08. The number of aryl methyl sites for hydroxylation is 1. The van der Waals surface area contributed by atoms with Gasteiger partial charge in [-0.05, 0) is 12.5 Å². The van der Waals surface area contributed by atoms with E-state index in [0.29, 0.717) is 0 Å². The molecule has 0 saturated heterocycles. The lowest BCUT2D eigenvalue weighted by molar-refractivity contribution is 0.202. The highest BCUT2D eigenvalue weighted by Crippen LogP contribution is 2.27. The normalized spacial score (nSPS) is 19.8. The molecule has 1 aromatic carbocycles. The molecule has 1 atom stereocenters. The molecule has 90 valence electrons. The van der Waals surface area contributed by atoms with Crippen LogP contribution in [-0.2, 0) is 13.6 Å². The van der Waals surface area contributed by atoms with Gasteiger partial charge in [0.05, 0.1) is 5.52 Å². The Labute approximate surface area is 101 Å². The highest BCUT2D eigenvalue weighted by molar-refractivity contribution is 5.81. The van der Waals surface area contributed by atoms with E-state index in [2.05, 4.69) is 29.5 Å². The van der Waals surface area contributed by atoms with E-state index in [0.717, 1.165) is 30.8 Å². The summed E-state index contributed by atoms with van der Waals surface area (Å²) in [6, 6.07) is 4.23. The summed E-state index contributed by atoms with van der Waals surface area (Å²) in [6.07, 6.45) is 3.32. The first-order valence-corrected chi connectivity index (χ1v) is 6.10. The maximum Gasteiger partial charge on any atom is 0.126 e. The molecule has 2 aromatic rings. The molecule has 0 radical (unpaired) electrons. The maximum atomic E-state index is 6.01. The number of fused-ring (bicyclic) bond motifs is 2. The zero-order chi connectivity index (χ0) is 11.8. The number of aromatic nitrogens is 2. The molecule has 0 spiro atoms. The van der Waals surface area contributed by atoms with Crippen LogP contribution in [0, 0.1) is 0 Å². The Morgan fingerprint density at radius 3 is 3.24 bits per heavy atom. The molecule has 0 amide bonds. The van der Waals surface area contributed by atoms with Gasteiger partial charge >= 0.3 is 0 Å². The van der Waals surface area contributed by atoms with Crippen molar-refractivity contribution in [3.63, 3.8) is 0 Å². The third kappa shape index (κ3) is 1.89. The van der Waals surface area contributed by atoms with Gasteiger partial charge in [-0.2, -0.15) is 5.10 Å². The molecule has 0 fully saturated rings. The first kappa shape index (κ1) is 10.6. The molecule has 2 heterocycles. The van der Waals surface area contributed by atoms with Crippen molar-refractivity contribution in [2.45, 2.75) is 26.0 Å². The Morgan fingerprint density at radius 2 is 2.41 bits per heavy atom. The summed E-state index contributed by atoms with van der Waals surface area (Å²) >= 11 is 0. The standard InChI is InChI=1S/C13H17N3O/c1-3-11-7-14-6-9-4-10-8-16(2)15-12(10)5-13(9)17-11/h4-5,8,11,14H,3,6-7H2,1-2H3/t11-/m1/s1. The molecule has 3 rings (SSSR count). The van der Waals surface area contributed by atoms with E-state index in [1.54, 1.807) is 0 Å². The molecule has 4 nitrogen and oxygen atoms in total. The van der Waals surface area contributed by atoms with Crippen molar-refractivity contribution in [1.82, 2.24) is 15.1 Å². The van der Waals surface area contributed by atoms with E-state index in [4.69, 9.17) is 4.74 Å². The molecular formula is C13H17N3O. The number of hydrogen-bond donors (Lipinski definition) is 1. The number of nitrogens with one attached hydrogen (secondary N) is 1. The fraction of sp³-hybridized carbons (Fsp3) is 0.462. The largest absolute Gasteiger partial charge is 0.489 e. The van der Waals surface area contributed by atoms with Crippen LogP contribution in [0.2, 0.25) is 0 Å². The minimum Gasteiger partial charge on any atom is -0.489 e. The van der Waals surface area contributed by atoms with Gasteiger partial charge in [0.2, 0.25) is 0 Å². The molecule has 1 N–H and O–H groups in total. The molecule has 4 heteroatoms. The minimum absolute atomic E-state index is 0.261. The smallest absolute Gasteiger partial charge is 0.126 e. The van der Waals surface area contributed by atoms with E-state index in [1.165, 1.54) is 10.9 Å². The second kappa shape index (κ2) is 4.04. The highest BCUT2D eigenvalue weighted by atomic mass is 16.5. The van der Waals surface area contributed by atoms with Crippen LogP contribution >= 0.6 is 0 Å². The number of ether oxygens (including phenoxy) is 1. The maximum absolute atomic E-state index is 6.01. The van der Waals surface area contributed by atoms with Gasteiger partial charge in [-0.25, -0.2) is 0 Å². The molecule has 1 aromatic heterocycles. The Hall–Kier alpha value is -1.55. The number of benzene rings is 1. The summed E-state index contributed by atoms with van der Waals surface area (Å²) in [6.45, 7) is 3.93. The molecular weight excluding hydrogens is 214 g/mol. The first-order chi connectivity index (χ1) is 8.26. The fourth-order valence-electron chi connectivity index (χ4n) is 2.29. The van der Waals surface area contributed by atoms with Crippen molar-refractivity contribution >= 4 is 10.9 Å². The summed E-state index contributed by atoms with van der Waals surface area (Å²) in [7, 11) is 1.94. The predicted octanol–water partition coefficient (Wildman–Crippen LogP) is 1.83. The average molecular weight is 231 g/mol. The van der Waals surface area contributed by atoms with Crippen molar-refractivity contribution < 1.29 is 4.74 Å². The number of rotatable bonds is 1. The second-order valence-corrected chi connectivity index (χ2v) is 4.60. The van der Waals surface area contributed by atoms with Gasteiger partial charge in [0.25, 0.3) is 0 Å². The van der Waals surface area contributed by atoms with Crippen LogP contribution < -0.4 is 10.1 Å². The average Bonchev–Trinajstić information content (AvgIpc) is 2.55. The summed E-state index contributed by atoms with van der Waals surface area (Å²) in [5, 5.41) is 9.02. The van der Waals surface area contributed by atoms with Gasteiger partial charge in [-0.15, -0.1) is 0 Å². The number of hydrogen-bond acceptors (Lipinski definition) is 3. The minimum atomic E-state index is 0.261. The third-order valence-electron chi connectivity index (χ3n) is 3.24. The Morgan fingerprint density at radius 1 is 1.53 bits per heavy atom. The highest BCUT2D eigenvalue weighted by Gasteiger charge is 2.17. The molecule has 1 aliphatic heterocycles. The van der Waals surface area contributed by atoms with Crippen LogP contribution in [0.3, 0.4) is 0 Å². The summed E-state index contributed by atoms with van der Waals surface area (Å²) in [5.74, 6) is 0.980. The van der Waals surface area contributed by atoms with Crippen molar-refractivity contribution in [3.8, 4) is 5.75 Å². The van der Waals surface area contributed by atoms with Crippen LogP contribution in [-0.4, -0.2) is 22.4 Å². The van der Waals surface area contributed by atoms with Gasteiger partial charge in [0.1, 0.15) is 11.9 Å². The van der Waals surface area contributed by atoms with Gasteiger partial charge in [-0.1, -0.05) is 6.92 Å². The molecule has 1 aliphatic rings. The Bertz CT molecular complexity index is 547. The quantitative estimate of drug-likeness (QED) is 0.814. The van der Waals surface area contributed by atoms with Crippen molar-refractivity contribution in [2.75, 3.05) is 6.54 Å². The lowest BCUT2D eigenvalue weighted by Crippen LogP contribution is -2.27. The molecule has 17 heavy (non-hydrogen) atoms. The topological polar surface area (TPSA) is 39.1 Å². The van der Waals surface area contributed by atoms with E-state index >= 15 is 0 Å². The van der Waals surface area contributed by atoms with Crippen molar-refractivity contribution in [1.29, 1.82) is 0 Å². The zero-order valence-electron chi connectivity index (χ0n) is 10.2. The van der Waals surface area contributed by atoms with Crippen LogP contribution in [0.25, 0.3) is 10.9 Å². The summed E-state index contributed by atoms with van der Waals surface area (Å²) in [5.41, 5.74) is 2.23. The van der Waals surface area contributed by atoms with Crippen LogP contribution in [0.15, 0.2) is 18.3 Å². The molecule has 0 saturated carbocycles. The van der Waals surface area contributed by atoms with E-state index < -0.39 is 0 Å².